The fraction of sp³-hybridized carbons (Fsp3) is 0.0172. The molecule has 0 unspecified atom stereocenters. The molecule has 2 aromatic heterocycles. The molecular weight excluding hydrogens is 771 g/mol. The Morgan fingerprint density at radius 2 is 0.774 bits per heavy atom. The van der Waals surface area contributed by atoms with Gasteiger partial charge < -0.3 is 0 Å². The molecule has 0 radical (unpaired) electrons. The fourth-order valence-corrected chi connectivity index (χ4v) is 11.5. The third-order valence-electron chi connectivity index (χ3n) is 13.0. The minimum Gasteiger partial charge on any atom is -0.208 e. The van der Waals surface area contributed by atoms with Gasteiger partial charge in [0.25, 0.3) is 0 Å². The first-order valence-corrected chi connectivity index (χ1v) is 21.9. The van der Waals surface area contributed by atoms with Crippen molar-refractivity contribution in [1.82, 2.24) is 15.0 Å². The summed E-state index contributed by atoms with van der Waals surface area (Å²) in [6, 6.07) is 76.7. The maximum Gasteiger partial charge on any atom is 0.164 e. The van der Waals surface area contributed by atoms with Gasteiger partial charge in [-0.2, -0.15) is 0 Å². The first kappa shape index (κ1) is 35.0. The zero-order chi connectivity index (χ0) is 40.8. The molecule has 1 spiro atoms. The van der Waals surface area contributed by atoms with Gasteiger partial charge in [0, 0.05) is 36.9 Å². The zero-order valence-corrected chi connectivity index (χ0v) is 34.3. The van der Waals surface area contributed by atoms with E-state index in [1.807, 2.05) is 29.5 Å². The van der Waals surface area contributed by atoms with Crippen molar-refractivity contribution in [3.8, 4) is 78.7 Å². The molecular formula is C58H35N3S. The molecule has 0 atom stereocenters. The highest BCUT2D eigenvalue weighted by molar-refractivity contribution is 7.25. The van der Waals surface area contributed by atoms with Crippen LogP contribution < -0.4 is 0 Å². The Balaban J connectivity index is 0.978. The van der Waals surface area contributed by atoms with Gasteiger partial charge in [0.15, 0.2) is 17.5 Å². The summed E-state index contributed by atoms with van der Waals surface area (Å²) in [6.45, 7) is 0. The average Bonchev–Trinajstić information content (AvgIpc) is 3.98. The van der Waals surface area contributed by atoms with E-state index in [9.17, 15) is 0 Å². The van der Waals surface area contributed by atoms with Crippen LogP contribution in [0.3, 0.4) is 0 Å². The lowest BCUT2D eigenvalue weighted by Gasteiger charge is -2.30. The number of aromatic nitrogens is 3. The lowest BCUT2D eigenvalue weighted by Crippen LogP contribution is -2.25. The lowest BCUT2D eigenvalue weighted by molar-refractivity contribution is 0.794. The van der Waals surface area contributed by atoms with Crippen LogP contribution in [0, 0.1) is 0 Å². The van der Waals surface area contributed by atoms with Gasteiger partial charge in [-0.15, -0.1) is 11.3 Å². The number of hydrogen-bond donors (Lipinski definition) is 0. The summed E-state index contributed by atoms with van der Waals surface area (Å²) in [4.78, 5) is 15.7. The zero-order valence-electron chi connectivity index (χ0n) is 33.5. The Bertz CT molecular complexity index is 3560. The second kappa shape index (κ2) is 13.6. The van der Waals surface area contributed by atoms with Crippen molar-refractivity contribution >= 4 is 31.5 Å². The van der Waals surface area contributed by atoms with Crippen LogP contribution in [0.15, 0.2) is 212 Å². The largest absolute Gasteiger partial charge is 0.208 e. The van der Waals surface area contributed by atoms with Gasteiger partial charge in [0.05, 0.1) is 5.41 Å². The molecule has 0 N–H and O–H groups in total. The minimum atomic E-state index is -0.387. The van der Waals surface area contributed by atoms with E-state index in [0.29, 0.717) is 17.5 Å². The highest BCUT2D eigenvalue weighted by atomic mass is 32.1. The number of fused-ring (bicyclic) bond motifs is 13. The molecule has 2 aliphatic carbocycles. The monoisotopic (exact) mass is 805 g/mol. The third kappa shape index (κ3) is 5.08. The molecule has 288 valence electrons. The highest BCUT2D eigenvalue weighted by Gasteiger charge is 2.51. The highest BCUT2D eigenvalue weighted by Crippen LogP contribution is 2.63. The van der Waals surface area contributed by atoms with Crippen LogP contribution in [-0.2, 0) is 5.41 Å². The number of thiophene rings is 1. The Morgan fingerprint density at radius 3 is 1.52 bits per heavy atom. The molecule has 2 heterocycles. The predicted octanol–water partition coefficient (Wildman–Crippen LogP) is 14.9. The smallest absolute Gasteiger partial charge is 0.164 e. The molecule has 4 heteroatoms. The van der Waals surface area contributed by atoms with Crippen molar-refractivity contribution < 1.29 is 0 Å². The molecule has 0 saturated heterocycles. The van der Waals surface area contributed by atoms with Gasteiger partial charge in [-0.05, 0) is 91.0 Å². The molecule has 13 rings (SSSR count). The molecule has 0 saturated carbocycles. The summed E-state index contributed by atoms with van der Waals surface area (Å²) in [5.74, 6) is 1.91. The molecule has 2 aliphatic rings. The SMILES string of the molecule is c1ccc(-c2nc(-c3cccc(-c4cccc5sc6ccccc6c45)c3)nc(-c3ccccc3-c3ccc4c(c3)-c3ccccc3C43c4ccccc4-c4ccccc43)n2)cc1. The van der Waals surface area contributed by atoms with Crippen LogP contribution in [0.4, 0.5) is 0 Å². The summed E-state index contributed by atoms with van der Waals surface area (Å²) in [6.07, 6.45) is 0. The maximum absolute atomic E-state index is 5.32. The molecule has 0 amide bonds. The van der Waals surface area contributed by atoms with Crippen LogP contribution >= 0.6 is 11.3 Å². The predicted molar refractivity (Wildman–Crippen MR) is 256 cm³/mol. The standard InChI is InChI=1S/C58H35N3S/c1-2-16-36(17-3-1)55-59-56(39-19-14-18-37(34-39)41-26-15-31-53-54(41)46-25-9-13-30-52(46)62-53)61-57(60-55)45-24-5-4-20-40(45)38-32-33-51-47(35-38)44-23-8-12-29-50(44)58(51)48-27-10-6-21-42(48)43-22-7-11-28-49(43)58/h1-35H. The number of nitrogens with zero attached hydrogens (tertiary/aromatic N) is 3. The van der Waals surface area contributed by atoms with Crippen LogP contribution in [0.5, 0.6) is 0 Å². The van der Waals surface area contributed by atoms with Crippen LogP contribution in [0.25, 0.3) is 98.8 Å². The van der Waals surface area contributed by atoms with Crippen molar-refractivity contribution in [2.24, 2.45) is 0 Å². The van der Waals surface area contributed by atoms with Crippen molar-refractivity contribution in [2.45, 2.75) is 5.41 Å². The summed E-state index contributed by atoms with van der Waals surface area (Å²) in [5, 5.41) is 2.56. The summed E-state index contributed by atoms with van der Waals surface area (Å²) < 4.78 is 2.57. The summed E-state index contributed by atoms with van der Waals surface area (Å²) in [7, 11) is 0. The lowest BCUT2D eigenvalue weighted by atomic mass is 9.70. The Hall–Kier alpha value is -7.79. The molecule has 9 aromatic carbocycles. The first-order chi connectivity index (χ1) is 30.7. The van der Waals surface area contributed by atoms with E-state index in [2.05, 4.69) is 194 Å². The van der Waals surface area contributed by atoms with E-state index >= 15 is 0 Å². The molecule has 62 heavy (non-hydrogen) atoms. The second-order valence-corrected chi connectivity index (χ2v) is 17.3. The van der Waals surface area contributed by atoms with E-state index in [-0.39, 0.29) is 5.41 Å². The Labute approximate surface area is 363 Å². The minimum absolute atomic E-state index is 0.387. The number of hydrogen-bond acceptors (Lipinski definition) is 4. The van der Waals surface area contributed by atoms with Crippen molar-refractivity contribution in [2.75, 3.05) is 0 Å². The van der Waals surface area contributed by atoms with Crippen molar-refractivity contribution in [1.29, 1.82) is 0 Å². The van der Waals surface area contributed by atoms with Crippen LogP contribution in [0.1, 0.15) is 22.3 Å². The van der Waals surface area contributed by atoms with E-state index in [4.69, 9.17) is 15.0 Å². The van der Waals surface area contributed by atoms with Gasteiger partial charge in [-0.3, -0.25) is 0 Å². The normalized spacial score (nSPS) is 13.0. The fourth-order valence-electron chi connectivity index (χ4n) is 10.4. The van der Waals surface area contributed by atoms with Gasteiger partial charge >= 0.3 is 0 Å². The Morgan fingerprint density at radius 1 is 0.290 bits per heavy atom. The second-order valence-electron chi connectivity index (χ2n) is 16.2. The maximum atomic E-state index is 5.32. The van der Waals surface area contributed by atoms with Crippen LogP contribution in [0.2, 0.25) is 0 Å². The summed E-state index contributed by atoms with van der Waals surface area (Å²) in [5.41, 5.74) is 17.4. The van der Waals surface area contributed by atoms with Gasteiger partial charge in [-0.1, -0.05) is 188 Å². The van der Waals surface area contributed by atoms with E-state index in [1.54, 1.807) is 0 Å². The average molecular weight is 806 g/mol. The quantitative estimate of drug-likeness (QED) is 0.174. The van der Waals surface area contributed by atoms with E-state index < -0.39 is 0 Å². The number of benzene rings is 9. The molecule has 11 aromatic rings. The molecule has 0 aliphatic heterocycles. The molecule has 0 bridgehead atoms. The molecule has 0 fully saturated rings. The van der Waals surface area contributed by atoms with Crippen molar-refractivity contribution in [3.05, 3.63) is 235 Å². The topological polar surface area (TPSA) is 38.7 Å². The van der Waals surface area contributed by atoms with E-state index in [1.165, 1.54) is 70.2 Å². The number of rotatable bonds is 5. The molecule has 3 nitrogen and oxygen atoms in total. The first-order valence-electron chi connectivity index (χ1n) is 21.1. The van der Waals surface area contributed by atoms with Gasteiger partial charge in [0.2, 0.25) is 0 Å². The van der Waals surface area contributed by atoms with E-state index in [0.717, 1.165) is 33.4 Å². The van der Waals surface area contributed by atoms with Gasteiger partial charge in [0.1, 0.15) is 0 Å². The Kier molecular flexibility index (Phi) is 7.69. The van der Waals surface area contributed by atoms with Crippen molar-refractivity contribution in [3.63, 3.8) is 0 Å². The van der Waals surface area contributed by atoms with Crippen LogP contribution in [-0.4, -0.2) is 15.0 Å². The third-order valence-corrected chi connectivity index (χ3v) is 14.1. The van der Waals surface area contributed by atoms with Gasteiger partial charge in [-0.25, -0.2) is 15.0 Å². The summed E-state index contributed by atoms with van der Waals surface area (Å²) >= 11 is 1.84.